The van der Waals surface area contributed by atoms with Crippen molar-refractivity contribution in [2.45, 2.75) is 13.0 Å². The Kier molecular flexibility index (Phi) is 5.66. The minimum atomic E-state index is 0.00798. The Morgan fingerprint density at radius 3 is 2.63 bits per heavy atom. The number of ether oxygens (including phenoxy) is 1. The fourth-order valence-electron chi connectivity index (χ4n) is 3.61. The van der Waals surface area contributed by atoms with Crippen LogP contribution in [0, 0.1) is 0 Å². The second-order valence-electron chi connectivity index (χ2n) is 7.19. The van der Waals surface area contributed by atoms with Gasteiger partial charge in [-0.1, -0.05) is 54.6 Å². The van der Waals surface area contributed by atoms with Crippen LogP contribution < -0.4 is 4.74 Å². The molecule has 4 nitrogen and oxygen atoms in total. The van der Waals surface area contributed by atoms with E-state index < -0.39 is 0 Å². The maximum atomic E-state index is 12.6. The van der Waals surface area contributed by atoms with E-state index in [9.17, 15) is 9.90 Å². The number of hydrogen-bond donors (Lipinski definition) is 1. The molecule has 0 bridgehead atoms. The molecule has 0 saturated heterocycles. The van der Waals surface area contributed by atoms with Gasteiger partial charge >= 0.3 is 0 Å². The SMILES string of the molecule is COc1ccc(/C=C/C(=O)Cc2cccc3c2ccn3Cc2ccccc2)cc1O. The summed E-state index contributed by atoms with van der Waals surface area (Å²) in [5.74, 6) is 0.468. The molecular weight excluding hydrogens is 374 g/mol. The lowest BCUT2D eigenvalue weighted by molar-refractivity contribution is -0.113. The van der Waals surface area contributed by atoms with Crippen molar-refractivity contribution >= 4 is 22.8 Å². The Hall–Kier alpha value is -3.79. The smallest absolute Gasteiger partial charge is 0.160 e. The molecule has 4 heteroatoms. The molecule has 1 heterocycles. The molecule has 4 rings (SSSR count). The molecule has 1 aromatic heterocycles. The van der Waals surface area contributed by atoms with E-state index in [0.717, 1.165) is 28.6 Å². The third kappa shape index (κ3) is 4.28. The molecule has 0 aliphatic rings. The summed E-state index contributed by atoms with van der Waals surface area (Å²) in [6.07, 6.45) is 5.66. The molecule has 4 aromatic rings. The van der Waals surface area contributed by atoms with Gasteiger partial charge in [0.2, 0.25) is 0 Å². The maximum Gasteiger partial charge on any atom is 0.160 e. The zero-order valence-electron chi connectivity index (χ0n) is 16.8. The molecule has 0 aliphatic heterocycles. The minimum Gasteiger partial charge on any atom is -0.504 e. The van der Waals surface area contributed by atoms with Gasteiger partial charge in [0.15, 0.2) is 17.3 Å². The van der Waals surface area contributed by atoms with Gasteiger partial charge in [0, 0.05) is 30.1 Å². The molecule has 1 N–H and O–H groups in total. The monoisotopic (exact) mass is 397 g/mol. The molecular formula is C26H23NO3. The summed E-state index contributed by atoms with van der Waals surface area (Å²) < 4.78 is 7.24. The van der Waals surface area contributed by atoms with Crippen molar-refractivity contribution in [2.24, 2.45) is 0 Å². The number of methoxy groups -OCH3 is 1. The van der Waals surface area contributed by atoms with Crippen LogP contribution in [0.1, 0.15) is 16.7 Å². The van der Waals surface area contributed by atoms with Gasteiger partial charge in [-0.25, -0.2) is 0 Å². The minimum absolute atomic E-state index is 0.00798. The van der Waals surface area contributed by atoms with Gasteiger partial charge in [0.1, 0.15) is 0 Å². The first-order chi connectivity index (χ1) is 14.6. The van der Waals surface area contributed by atoms with Crippen LogP contribution in [0.4, 0.5) is 0 Å². The largest absolute Gasteiger partial charge is 0.504 e. The van der Waals surface area contributed by atoms with E-state index in [-0.39, 0.29) is 11.5 Å². The predicted molar refractivity (Wildman–Crippen MR) is 120 cm³/mol. The lowest BCUT2D eigenvalue weighted by Crippen LogP contribution is -2.00. The Labute approximate surface area is 175 Å². The highest BCUT2D eigenvalue weighted by atomic mass is 16.5. The molecule has 0 amide bonds. The van der Waals surface area contributed by atoms with Crippen LogP contribution >= 0.6 is 0 Å². The first-order valence-corrected chi connectivity index (χ1v) is 9.82. The first-order valence-electron chi connectivity index (χ1n) is 9.82. The summed E-state index contributed by atoms with van der Waals surface area (Å²) in [5, 5.41) is 11.0. The van der Waals surface area contributed by atoms with E-state index in [1.165, 1.54) is 12.7 Å². The van der Waals surface area contributed by atoms with Crippen molar-refractivity contribution in [1.82, 2.24) is 4.57 Å². The van der Waals surface area contributed by atoms with Gasteiger partial charge in [-0.05, 0) is 47.0 Å². The average Bonchev–Trinajstić information content (AvgIpc) is 3.17. The highest BCUT2D eigenvalue weighted by Crippen LogP contribution is 2.27. The number of rotatable bonds is 7. The number of phenols is 1. The van der Waals surface area contributed by atoms with Crippen LogP contribution in [0.3, 0.4) is 0 Å². The average molecular weight is 397 g/mol. The number of carbonyl (C=O) groups is 1. The van der Waals surface area contributed by atoms with Crippen LogP contribution in [0.5, 0.6) is 11.5 Å². The highest BCUT2D eigenvalue weighted by molar-refractivity contribution is 5.98. The van der Waals surface area contributed by atoms with Crippen LogP contribution in [-0.4, -0.2) is 22.6 Å². The number of hydrogen-bond acceptors (Lipinski definition) is 3. The summed E-state index contributed by atoms with van der Waals surface area (Å²) >= 11 is 0. The third-order valence-electron chi connectivity index (χ3n) is 5.13. The number of ketones is 1. The van der Waals surface area contributed by atoms with E-state index in [0.29, 0.717) is 12.2 Å². The number of nitrogens with zero attached hydrogens (tertiary/aromatic N) is 1. The lowest BCUT2D eigenvalue weighted by Gasteiger charge is -2.07. The van der Waals surface area contributed by atoms with Crippen molar-refractivity contribution in [1.29, 1.82) is 0 Å². The zero-order valence-corrected chi connectivity index (χ0v) is 16.8. The second-order valence-corrected chi connectivity index (χ2v) is 7.19. The fraction of sp³-hybridized carbons (Fsp3) is 0.115. The van der Waals surface area contributed by atoms with Crippen LogP contribution in [0.25, 0.3) is 17.0 Å². The van der Waals surface area contributed by atoms with Crippen molar-refractivity contribution in [3.63, 3.8) is 0 Å². The second kappa shape index (κ2) is 8.70. The maximum absolute atomic E-state index is 12.6. The lowest BCUT2D eigenvalue weighted by atomic mass is 10.0. The van der Waals surface area contributed by atoms with Gasteiger partial charge in [-0.15, -0.1) is 0 Å². The topological polar surface area (TPSA) is 51.5 Å². The molecule has 0 atom stereocenters. The Balaban J connectivity index is 1.51. The van der Waals surface area contributed by atoms with Crippen LogP contribution in [0.2, 0.25) is 0 Å². The molecule has 3 aromatic carbocycles. The molecule has 0 aliphatic carbocycles. The van der Waals surface area contributed by atoms with E-state index in [2.05, 4.69) is 35.0 Å². The number of aromatic nitrogens is 1. The molecule has 30 heavy (non-hydrogen) atoms. The van der Waals surface area contributed by atoms with Crippen LogP contribution in [0.15, 0.2) is 85.1 Å². The van der Waals surface area contributed by atoms with Crippen molar-refractivity contribution < 1.29 is 14.6 Å². The van der Waals surface area contributed by atoms with Crippen LogP contribution in [-0.2, 0) is 17.8 Å². The standard InChI is InChI=1S/C26H23NO3/c1-30-26-13-11-19(16-25(26)29)10-12-22(28)17-21-8-5-9-24-23(21)14-15-27(24)18-20-6-3-2-4-7-20/h2-16,29H,17-18H2,1H3/b12-10+. The number of phenolic OH excluding ortho intramolecular Hbond substituents is 1. The summed E-state index contributed by atoms with van der Waals surface area (Å²) in [6.45, 7) is 0.794. The van der Waals surface area contributed by atoms with Crippen molar-refractivity contribution in [3.05, 3.63) is 102 Å². The molecule has 0 fully saturated rings. The summed E-state index contributed by atoms with van der Waals surface area (Å²) in [5.41, 5.74) is 4.11. The highest BCUT2D eigenvalue weighted by Gasteiger charge is 2.09. The predicted octanol–water partition coefficient (Wildman–Crippen LogP) is 5.23. The number of carbonyl (C=O) groups excluding carboxylic acids is 1. The van der Waals surface area contributed by atoms with Gasteiger partial charge in [-0.3, -0.25) is 4.79 Å². The third-order valence-corrected chi connectivity index (χ3v) is 5.13. The van der Waals surface area contributed by atoms with Gasteiger partial charge < -0.3 is 14.4 Å². The molecule has 0 saturated carbocycles. The molecule has 150 valence electrons. The Morgan fingerprint density at radius 2 is 1.87 bits per heavy atom. The number of benzene rings is 3. The number of allylic oxidation sites excluding steroid dienone is 1. The van der Waals surface area contributed by atoms with Gasteiger partial charge in [0.05, 0.1) is 7.11 Å². The summed E-state index contributed by atoms with van der Waals surface area (Å²) in [4.78, 5) is 12.6. The summed E-state index contributed by atoms with van der Waals surface area (Å²) in [6, 6.07) is 23.5. The molecule has 0 radical (unpaired) electrons. The van der Waals surface area contributed by atoms with Crippen molar-refractivity contribution in [3.8, 4) is 11.5 Å². The molecule has 0 unspecified atom stereocenters. The van der Waals surface area contributed by atoms with E-state index in [1.807, 2.05) is 30.3 Å². The fourth-order valence-corrected chi connectivity index (χ4v) is 3.61. The van der Waals surface area contributed by atoms with E-state index in [4.69, 9.17) is 4.74 Å². The normalized spacial score (nSPS) is 11.2. The van der Waals surface area contributed by atoms with Crippen molar-refractivity contribution in [2.75, 3.05) is 7.11 Å². The summed E-state index contributed by atoms with van der Waals surface area (Å²) in [7, 11) is 1.50. The van der Waals surface area contributed by atoms with E-state index >= 15 is 0 Å². The quantitative estimate of drug-likeness (QED) is 0.435. The first kappa shape index (κ1) is 19.5. The zero-order chi connectivity index (χ0) is 20.9. The number of aromatic hydroxyl groups is 1. The number of fused-ring (bicyclic) bond motifs is 1. The van der Waals surface area contributed by atoms with Gasteiger partial charge in [-0.2, -0.15) is 0 Å². The Morgan fingerprint density at radius 1 is 1.03 bits per heavy atom. The Bertz CT molecular complexity index is 1210. The molecule has 0 spiro atoms. The van der Waals surface area contributed by atoms with E-state index in [1.54, 1.807) is 30.4 Å². The van der Waals surface area contributed by atoms with Gasteiger partial charge in [0.25, 0.3) is 0 Å².